The summed E-state index contributed by atoms with van der Waals surface area (Å²) in [6.07, 6.45) is 0. The molecule has 6 heteroatoms. The third-order valence-electron chi connectivity index (χ3n) is 2.80. The van der Waals surface area contributed by atoms with Crippen molar-refractivity contribution in [3.05, 3.63) is 34.4 Å². The minimum atomic E-state index is -0.327. The molecule has 0 fully saturated rings. The van der Waals surface area contributed by atoms with Crippen LogP contribution in [0.15, 0.2) is 27.2 Å². The summed E-state index contributed by atoms with van der Waals surface area (Å²) in [6.45, 7) is 3.80. The fourth-order valence-corrected chi connectivity index (χ4v) is 1.78. The van der Waals surface area contributed by atoms with Gasteiger partial charge in [0.1, 0.15) is 5.82 Å². The molecule has 2 aromatic rings. The lowest BCUT2D eigenvalue weighted by Crippen LogP contribution is -2.22. The van der Waals surface area contributed by atoms with E-state index in [1.165, 1.54) is 6.07 Å². The van der Waals surface area contributed by atoms with Crippen molar-refractivity contribution in [2.45, 2.75) is 25.8 Å². The third-order valence-corrected chi connectivity index (χ3v) is 3.41. The van der Waals surface area contributed by atoms with Crippen LogP contribution in [0, 0.1) is 5.82 Å². The lowest BCUT2D eigenvalue weighted by molar-refractivity contribution is 0.346. The van der Waals surface area contributed by atoms with Gasteiger partial charge in [0.2, 0.25) is 11.7 Å². The van der Waals surface area contributed by atoms with Gasteiger partial charge < -0.3 is 10.3 Å². The Morgan fingerprint density at radius 2 is 2.11 bits per heavy atom. The molecule has 18 heavy (non-hydrogen) atoms. The number of hydrogen-bond donors (Lipinski definition) is 1. The monoisotopic (exact) mass is 313 g/mol. The first kappa shape index (κ1) is 13.2. The van der Waals surface area contributed by atoms with Gasteiger partial charge in [-0.3, -0.25) is 0 Å². The average molecular weight is 314 g/mol. The Balaban J connectivity index is 2.32. The van der Waals surface area contributed by atoms with Gasteiger partial charge in [-0.25, -0.2) is 4.39 Å². The second-order valence-electron chi connectivity index (χ2n) is 4.23. The van der Waals surface area contributed by atoms with Gasteiger partial charge in [-0.1, -0.05) is 12.1 Å². The van der Waals surface area contributed by atoms with E-state index in [1.54, 1.807) is 12.1 Å². The molecule has 96 valence electrons. The number of aromatic nitrogens is 2. The summed E-state index contributed by atoms with van der Waals surface area (Å²) in [4.78, 5) is 4.27. The van der Waals surface area contributed by atoms with Gasteiger partial charge >= 0.3 is 0 Å². The summed E-state index contributed by atoms with van der Waals surface area (Å²) in [5.41, 5.74) is 6.46. The molecule has 0 bridgehead atoms. The van der Waals surface area contributed by atoms with Gasteiger partial charge in [-0.2, -0.15) is 4.98 Å². The van der Waals surface area contributed by atoms with Crippen molar-refractivity contribution in [1.82, 2.24) is 10.1 Å². The molecule has 1 aromatic carbocycles. The van der Waals surface area contributed by atoms with E-state index in [0.29, 0.717) is 21.8 Å². The van der Waals surface area contributed by atoms with Crippen LogP contribution in [0.4, 0.5) is 4.39 Å². The fourth-order valence-electron chi connectivity index (χ4n) is 1.40. The zero-order valence-corrected chi connectivity index (χ0v) is 11.6. The Morgan fingerprint density at radius 1 is 1.39 bits per heavy atom. The maximum Gasteiger partial charge on any atom is 0.231 e. The van der Waals surface area contributed by atoms with E-state index in [0.717, 1.165) is 0 Å². The highest BCUT2D eigenvalue weighted by atomic mass is 79.9. The second kappa shape index (κ2) is 5.16. The van der Waals surface area contributed by atoms with Crippen LogP contribution in [0.25, 0.3) is 11.4 Å². The minimum Gasteiger partial charge on any atom is -0.339 e. The van der Waals surface area contributed by atoms with Crippen molar-refractivity contribution in [3.63, 3.8) is 0 Å². The van der Waals surface area contributed by atoms with Gasteiger partial charge in [0.05, 0.1) is 10.4 Å². The molecule has 2 N–H and O–H groups in total. The molecule has 0 aliphatic heterocycles. The Bertz CT molecular complexity index is 556. The molecule has 0 saturated heterocycles. The predicted octanol–water partition coefficient (Wildman–Crippen LogP) is 3.09. The number of rotatable bonds is 3. The van der Waals surface area contributed by atoms with Crippen LogP contribution in [-0.2, 0) is 0 Å². The molecule has 4 nitrogen and oxygen atoms in total. The number of halogens is 2. The molecule has 1 heterocycles. The van der Waals surface area contributed by atoms with Crippen LogP contribution < -0.4 is 5.73 Å². The average Bonchev–Trinajstić information content (AvgIpc) is 2.81. The standard InChI is InChI=1S/C12H13BrFN3O/c1-6(7(2)15)12-16-11(17-18-12)8-3-4-10(14)9(13)5-8/h3-7H,15H2,1-2H3. The van der Waals surface area contributed by atoms with E-state index in [9.17, 15) is 4.39 Å². The van der Waals surface area contributed by atoms with E-state index in [2.05, 4.69) is 26.1 Å². The van der Waals surface area contributed by atoms with Crippen molar-refractivity contribution in [2.75, 3.05) is 0 Å². The van der Waals surface area contributed by atoms with Crippen LogP contribution in [0.3, 0.4) is 0 Å². The summed E-state index contributed by atoms with van der Waals surface area (Å²) < 4.78 is 18.7. The Hall–Kier alpha value is -1.27. The molecule has 0 radical (unpaired) electrons. The van der Waals surface area contributed by atoms with Gasteiger partial charge in [0, 0.05) is 11.6 Å². The molecular weight excluding hydrogens is 301 g/mol. The van der Waals surface area contributed by atoms with Gasteiger partial charge in [0.15, 0.2) is 0 Å². The molecule has 2 rings (SSSR count). The summed E-state index contributed by atoms with van der Waals surface area (Å²) in [7, 11) is 0. The van der Waals surface area contributed by atoms with E-state index in [4.69, 9.17) is 10.3 Å². The SMILES string of the molecule is CC(N)C(C)c1nc(-c2ccc(F)c(Br)c2)no1. The van der Waals surface area contributed by atoms with E-state index in [-0.39, 0.29) is 17.8 Å². The molecule has 0 saturated carbocycles. The Labute approximate surface area is 113 Å². The zero-order valence-electron chi connectivity index (χ0n) is 10.0. The summed E-state index contributed by atoms with van der Waals surface area (Å²) in [5.74, 6) is 0.570. The number of benzene rings is 1. The van der Waals surface area contributed by atoms with Crippen LogP contribution in [0.5, 0.6) is 0 Å². The van der Waals surface area contributed by atoms with Crippen LogP contribution >= 0.6 is 15.9 Å². The van der Waals surface area contributed by atoms with Gasteiger partial charge in [-0.15, -0.1) is 0 Å². The first-order valence-electron chi connectivity index (χ1n) is 5.53. The highest BCUT2D eigenvalue weighted by molar-refractivity contribution is 9.10. The molecular formula is C12H13BrFN3O. The zero-order chi connectivity index (χ0) is 13.3. The van der Waals surface area contributed by atoms with E-state index >= 15 is 0 Å². The first-order valence-corrected chi connectivity index (χ1v) is 6.33. The minimum absolute atomic E-state index is 0.0184. The highest BCUT2D eigenvalue weighted by Crippen LogP contribution is 2.25. The van der Waals surface area contributed by atoms with Gasteiger partial charge in [0.25, 0.3) is 0 Å². The van der Waals surface area contributed by atoms with Crippen molar-refractivity contribution >= 4 is 15.9 Å². The lowest BCUT2D eigenvalue weighted by atomic mass is 10.1. The summed E-state index contributed by atoms with van der Waals surface area (Å²) in [5, 5.41) is 3.88. The van der Waals surface area contributed by atoms with Crippen molar-refractivity contribution in [1.29, 1.82) is 0 Å². The van der Waals surface area contributed by atoms with Crippen molar-refractivity contribution in [2.24, 2.45) is 5.73 Å². The molecule has 0 amide bonds. The largest absolute Gasteiger partial charge is 0.339 e. The topological polar surface area (TPSA) is 64.9 Å². The number of nitrogens with two attached hydrogens (primary N) is 1. The molecule has 1 aromatic heterocycles. The highest BCUT2D eigenvalue weighted by Gasteiger charge is 2.18. The number of hydrogen-bond acceptors (Lipinski definition) is 4. The maximum absolute atomic E-state index is 13.1. The van der Waals surface area contributed by atoms with Crippen LogP contribution in [0.1, 0.15) is 25.7 Å². The molecule has 0 aliphatic carbocycles. The van der Waals surface area contributed by atoms with E-state index in [1.807, 2.05) is 13.8 Å². The Morgan fingerprint density at radius 3 is 2.72 bits per heavy atom. The lowest BCUT2D eigenvalue weighted by Gasteiger charge is -2.09. The quantitative estimate of drug-likeness (QED) is 0.945. The van der Waals surface area contributed by atoms with Gasteiger partial charge in [-0.05, 0) is 41.1 Å². The second-order valence-corrected chi connectivity index (χ2v) is 5.09. The fraction of sp³-hybridized carbons (Fsp3) is 0.333. The maximum atomic E-state index is 13.1. The van der Waals surface area contributed by atoms with E-state index < -0.39 is 0 Å². The molecule has 0 aliphatic rings. The molecule has 0 spiro atoms. The van der Waals surface area contributed by atoms with Crippen molar-refractivity contribution in [3.8, 4) is 11.4 Å². The summed E-state index contributed by atoms with van der Waals surface area (Å²) in [6, 6.07) is 4.49. The smallest absolute Gasteiger partial charge is 0.231 e. The Kier molecular flexibility index (Phi) is 3.77. The predicted molar refractivity (Wildman–Crippen MR) is 69.5 cm³/mol. The van der Waals surface area contributed by atoms with Crippen LogP contribution in [0.2, 0.25) is 0 Å². The van der Waals surface area contributed by atoms with Crippen molar-refractivity contribution < 1.29 is 8.91 Å². The van der Waals surface area contributed by atoms with Crippen LogP contribution in [-0.4, -0.2) is 16.2 Å². The first-order chi connectivity index (χ1) is 8.49. The normalized spacial score (nSPS) is 14.5. The number of nitrogens with zero attached hydrogens (tertiary/aromatic N) is 2. The molecule has 2 atom stereocenters. The molecule has 2 unspecified atom stereocenters. The third kappa shape index (κ3) is 2.59. The summed E-state index contributed by atoms with van der Waals surface area (Å²) >= 11 is 3.12.